The van der Waals surface area contributed by atoms with Crippen molar-refractivity contribution < 1.29 is 9.59 Å². The first kappa shape index (κ1) is 11.5. The van der Waals surface area contributed by atoms with Gasteiger partial charge in [-0.2, -0.15) is 0 Å². The zero-order chi connectivity index (χ0) is 12.4. The van der Waals surface area contributed by atoms with Gasteiger partial charge in [0.1, 0.15) is 0 Å². The molecule has 0 bridgehead atoms. The van der Waals surface area contributed by atoms with Crippen LogP contribution in [0.2, 0.25) is 0 Å². The largest absolute Gasteiger partial charge is 0.331 e. The molecule has 4 nitrogen and oxygen atoms in total. The number of carbonyl (C=O) groups is 2. The number of likely N-dealkylation sites (tertiary alicyclic amines) is 2. The summed E-state index contributed by atoms with van der Waals surface area (Å²) in [7, 11) is 0. The van der Waals surface area contributed by atoms with Crippen LogP contribution in [0, 0.1) is 36.5 Å². The fourth-order valence-corrected chi connectivity index (χ4v) is 2.59. The van der Waals surface area contributed by atoms with Crippen molar-refractivity contribution in [2.24, 2.45) is 11.8 Å². The highest BCUT2D eigenvalue weighted by atomic mass is 16.2. The predicted octanol–water partition coefficient (Wildman–Crippen LogP) is -0.440. The summed E-state index contributed by atoms with van der Waals surface area (Å²) in [6.07, 6.45) is 10.7. The van der Waals surface area contributed by atoms with Gasteiger partial charge in [0.15, 0.2) is 0 Å². The number of hydrogen-bond acceptors (Lipinski definition) is 2. The van der Waals surface area contributed by atoms with E-state index in [1.165, 1.54) is 0 Å². The van der Waals surface area contributed by atoms with Gasteiger partial charge in [-0.1, -0.05) is 11.8 Å². The fraction of sp³-hybridized carbons (Fsp3) is 0.538. The van der Waals surface area contributed by atoms with Crippen LogP contribution in [0.1, 0.15) is 6.42 Å². The lowest BCUT2D eigenvalue weighted by Gasteiger charge is -2.31. The summed E-state index contributed by atoms with van der Waals surface area (Å²) in [6, 6.07) is 0. The van der Waals surface area contributed by atoms with Crippen LogP contribution in [-0.4, -0.2) is 47.8 Å². The van der Waals surface area contributed by atoms with Gasteiger partial charge in [0.05, 0.1) is 19.0 Å². The Labute approximate surface area is 101 Å². The van der Waals surface area contributed by atoms with Crippen molar-refractivity contribution in [3.63, 3.8) is 0 Å². The van der Waals surface area contributed by atoms with Gasteiger partial charge >= 0.3 is 0 Å². The molecular formula is C13H14N2O2. The number of hydrogen-bond donors (Lipinski definition) is 0. The molecule has 2 atom stereocenters. The third-order valence-electron chi connectivity index (χ3n) is 3.42. The Kier molecular flexibility index (Phi) is 3.06. The molecule has 4 heteroatoms. The molecule has 0 saturated carbocycles. The standard InChI is InChI=1S/C13H14N2O2/c1-3-5-14-8-10-9-15(6-4-2)13(17)11(10)7-12(14)16/h1-2,10-11H,5-9H2/t10-,11-/m0/s1. The first-order chi connectivity index (χ1) is 8.17. The van der Waals surface area contributed by atoms with Crippen LogP contribution < -0.4 is 0 Å². The van der Waals surface area contributed by atoms with Crippen LogP contribution >= 0.6 is 0 Å². The summed E-state index contributed by atoms with van der Waals surface area (Å²) in [4.78, 5) is 27.0. The number of rotatable bonds is 2. The maximum Gasteiger partial charge on any atom is 0.227 e. The number of carbonyl (C=O) groups excluding carboxylic acids is 2. The van der Waals surface area contributed by atoms with Crippen molar-refractivity contribution in [1.29, 1.82) is 0 Å². The molecule has 2 aliphatic heterocycles. The molecule has 2 rings (SSSR count). The molecule has 0 aromatic heterocycles. The van der Waals surface area contributed by atoms with Crippen LogP contribution in [0.15, 0.2) is 0 Å². The van der Waals surface area contributed by atoms with E-state index in [1.54, 1.807) is 9.80 Å². The molecule has 0 aromatic carbocycles. The Morgan fingerprint density at radius 2 is 1.71 bits per heavy atom. The quantitative estimate of drug-likeness (QED) is 0.603. The third kappa shape index (κ3) is 1.99. The summed E-state index contributed by atoms with van der Waals surface area (Å²) < 4.78 is 0. The summed E-state index contributed by atoms with van der Waals surface area (Å²) in [5, 5.41) is 0. The summed E-state index contributed by atoms with van der Waals surface area (Å²) in [5.41, 5.74) is 0. The van der Waals surface area contributed by atoms with Crippen molar-refractivity contribution in [3.8, 4) is 24.7 Å². The minimum absolute atomic E-state index is 0.0154. The average Bonchev–Trinajstić information content (AvgIpc) is 2.58. The second-order valence-electron chi connectivity index (χ2n) is 4.47. The highest BCUT2D eigenvalue weighted by Gasteiger charge is 2.45. The van der Waals surface area contributed by atoms with E-state index in [0.717, 1.165) is 0 Å². The Morgan fingerprint density at radius 3 is 2.35 bits per heavy atom. The van der Waals surface area contributed by atoms with Crippen molar-refractivity contribution in [1.82, 2.24) is 9.80 Å². The van der Waals surface area contributed by atoms with E-state index in [2.05, 4.69) is 11.8 Å². The number of amides is 2. The third-order valence-corrected chi connectivity index (χ3v) is 3.42. The van der Waals surface area contributed by atoms with Gasteiger partial charge in [0.25, 0.3) is 0 Å². The zero-order valence-corrected chi connectivity index (χ0v) is 9.56. The normalized spacial score (nSPS) is 27.6. The van der Waals surface area contributed by atoms with Crippen LogP contribution in [0.3, 0.4) is 0 Å². The van der Waals surface area contributed by atoms with Gasteiger partial charge in [-0.25, -0.2) is 0 Å². The van der Waals surface area contributed by atoms with E-state index in [9.17, 15) is 9.59 Å². The smallest absolute Gasteiger partial charge is 0.227 e. The summed E-state index contributed by atoms with van der Waals surface area (Å²) >= 11 is 0. The molecule has 88 valence electrons. The van der Waals surface area contributed by atoms with E-state index >= 15 is 0 Å². The number of fused-ring (bicyclic) bond motifs is 1. The average molecular weight is 230 g/mol. The van der Waals surface area contributed by atoms with Crippen LogP contribution in [0.25, 0.3) is 0 Å². The fourth-order valence-electron chi connectivity index (χ4n) is 2.59. The molecule has 0 aromatic rings. The van der Waals surface area contributed by atoms with Gasteiger partial charge in [-0.05, 0) is 0 Å². The van der Waals surface area contributed by atoms with Crippen molar-refractivity contribution in [2.75, 3.05) is 26.2 Å². The van der Waals surface area contributed by atoms with Crippen molar-refractivity contribution in [3.05, 3.63) is 0 Å². The van der Waals surface area contributed by atoms with E-state index in [0.29, 0.717) is 26.2 Å². The molecule has 0 unspecified atom stereocenters. The van der Waals surface area contributed by atoms with Gasteiger partial charge < -0.3 is 9.80 Å². The minimum atomic E-state index is -0.190. The maximum absolute atomic E-state index is 12.0. The van der Waals surface area contributed by atoms with E-state index < -0.39 is 0 Å². The van der Waals surface area contributed by atoms with Gasteiger partial charge in [0, 0.05) is 25.4 Å². The molecule has 0 N–H and O–H groups in total. The van der Waals surface area contributed by atoms with E-state index in [-0.39, 0.29) is 30.1 Å². The van der Waals surface area contributed by atoms with E-state index in [1.807, 2.05) is 0 Å². The molecule has 2 aliphatic rings. The van der Waals surface area contributed by atoms with Gasteiger partial charge in [-0.15, -0.1) is 12.8 Å². The van der Waals surface area contributed by atoms with Gasteiger partial charge in [0.2, 0.25) is 11.8 Å². The number of nitrogens with zero attached hydrogens (tertiary/aromatic N) is 2. The highest BCUT2D eigenvalue weighted by molar-refractivity contribution is 5.89. The first-order valence-electron chi connectivity index (χ1n) is 5.61. The molecule has 0 radical (unpaired) electrons. The summed E-state index contributed by atoms with van der Waals surface area (Å²) in [6.45, 7) is 1.86. The summed E-state index contributed by atoms with van der Waals surface area (Å²) in [5.74, 6) is 4.92. The maximum atomic E-state index is 12.0. The zero-order valence-electron chi connectivity index (χ0n) is 9.56. The van der Waals surface area contributed by atoms with Crippen LogP contribution in [0.4, 0.5) is 0 Å². The Balaban J connectivity index is 2.09. The van der Waals surface area contributed by atoms with E-state index in [4.69, 9.17) is 12.8 Å². The highest BCUT2D eigenvalue weighted by Crippen LogP contribution is 2.32. The molecule has 2 fully saturated rings. The Bertz CT molecular complexity index is 416. The lowest BCUT2D eigenvalue weighted by molar-refractivity contribution is -0.141. The molecule has 17 heavy (non-hydrogen) atoms. The topological polar surface area (TPSA) is 40.6 Å². The molecule has 2 amide bonds. The lowest BCUT2D eigenvalue weighted by Crippen LogP contribution is -2.44. The van der Waals surface area contributed by atoms with Crippen molar-refractivity contribution in [2.45, 2.75) is 6.42 Å². The SMILES string of the molecule is C#CCN1C[C@H]2CN(CC#C)C(=O)[C@H]2CC1=O. The van der Waals surface area contributed by atoms with Crippen LogP contribution in [-0.2, 0) is 9.59 Å². The molecular weight excluding hydrogens is 216 g/mol. The molecule has 2 saturated heterocycles. The number of terminal acetylenes is 2. The van der Waals surface area contributed by atoms with Crippen LogP contribution in [0.5, 0.6) is 0 Å². The minimum Gasteiger partial charge on any atom is -0.331 e. The number of piperidine rings is 1. The lowest BCUT2D eigenvalue weighted by atomic mass is 9.88. The second-order valence-corrected chi connectivity index (χ2v) is 4.47. The monoisotopic (exact) mass is 230 g/mol. The Hall–Kier alpha value is -1.94. The van der Waals surface area contributed by atoms with Crippen molar-refractivity contribution >= 4 is 11.8 Å². The Morgan fingerprint density at radius 1 is 1.12 bits per heavy atom. The second kappa shape index (κ2) is 4.51. The molecule has 2 heterocycles. The molecule has 0 spiro atoms. The molecule has 0 aliphatic carbocycles. The van der Waals surface area contributed by atoms with Gasteiger partial charge in [-0.3, -0.25) is 9.59 Å². The first-order valence-corrected chi connectivity index (χ1v) is 5.61. The predicted molar refractivity (Wildman–Crippen MR) is 62.4 cm³/mol.